The molecule has 2 atom stereocenters. The fourth-order valence-corrected chi connectivity index (χ4v) is 2.57. The van der Waals surface area contributed by atoms with Crippen LogP contribution in [-0.2, 0) is 4.79 Å². The van der Waals surface area contributed by atoms with Gasteiger partial charge in [-0.3, -0.25) is 4.79 Å². The van der Waals surface area contributed by atoms with Crippen molar-refractivity contribution in [1.29, 1.82) is 0 Å². The summed E-state index contributed by atoms with van der Waals surface area (Å²) in [5.74, 6) is -1.54. The molecule has 1 aromatic carbocycles. The Kier molecular flexibility index (Phi) is 2.94. The molecule has 1 aliphatic heterocycles. The van der Waals surface area contributed by atoms with Crippen molar-refractivity contribution in [3.63, 3.8) is 0 Å². The molecule has 1 amide bonds. The first-order chi connectivity index (χ1) is 9.58. The molecule has 1 saturated heterocycles. The highest BCUT2D eigenvalue weighted by atomic mass is 16.4. The molecule has 6 heteroatoms. The fraction of sp³-hybridized carbons (Fsp3) is 0.286. The molecule has 1 fully saturated rings. The standard InChI is InChI=1S/C14H13NO5/c16-8-5-11(14(18)19)15(6-8)13(17)10-7-20-12-4-2-1-3-9(10)12/h1-4,7-8,11,16H,5-6H2,(H,18,19)/t8-,11+/m1/s1. The predicted molar refractivity (Wildman–Crippen MR) is 69.3 cm³/mol. The zero-order chi connectivity index (χ0) is 14.3. The number of furan rings is 1. The number of aliphatic carboxylic acids is 1. The van der Waals surface area contributed by atoms with Gasteiger partial charge >= 0.3 is 5.97 Å². The minimum Gasteiger partial charge on any atom is -0.480 e. The van der Waals surface area contributed by atoms with E-state index in [4.69, 9.17) is 9.52 Å². The summed E-state index contributed by atoms with van der Waals surface area (Å²) in [4.78, 5) is 24.8. The topological polar surface area (TPSA) is 91.0 Å². The first-order valence-electron chi connectivity index (χ1n) is 6.26. The molecular formula is C14H13NO5. The lowest BCUT2D eigenvalue weighted by Crippen LogP contribution is -2.40. The highest BCUT2D eigenvalue weighted by Crippen LogP contribution is 2.26. The van der Waals surface area contributed by atoms with Gasteiger partial charge in [0, 0.05) is 18.4 Å². The number of carbonyl (C=O) groups is 2. The van der Waals surface area contributed by atoms with E-state index in [2.05, 4.69) is 0 Å². The van der Waals surface area contributed by atoms with Crippen LogP contribution in [0.2, 0.25) is 0 Å². The minimum absolute atomic E-state index is 0.0231. The molecule has 0 bridgehead atoms. The van der Waals surface area contributed by atoms with Crippen molar-refractivity contribution < 1.29 is 24.2 Å². The number of carboxylic acids is 1. The van der Waals surface area contributed by atoms with Gasteiger partial charge in [0.2, 0.25) is 0 Å². The van der Waals surface area contributed by atoms with E-state index in [1.54, 1.807) is 24.3 Å². The summed E-state index contributed by atoms with van der Waals surface area (Å²) in [6, 6.07) is 6.06. The lowest BCUT2D eigenvalue weighted by Gasteiger charge is -2.20. The van der Waals surface area contributed by atoms with Crippen molar-refractivity contribution in [3.8, 4) is 0 Å². The summed E-state index contributed by atoms with van der Waals surface area (Å²) in [7, 11) is 0. The van der Waals surface area contributed by atoms with Crippen molar-refractivity contribution >= 4 is 22.8 Å². The average Bonchev–Trinajstić information content (AvgIpc) is 3.01. The molecule has 0 radical (unpaired) electrons. The Morgan fingerprint density at radius 3 is 2.80 bits per heavy atom. The number of carboxylic acid groups (broad SMARTS) is 1. The molecule has 2 heterocycles. The van der Waals surface area contributed by atoms with Crippen LogP contribution in [0.4, 0.5) is 0 Å². The number of hydrogen-bond donors (Lipinski definition) is 2. The van der Waals surface area contributed by atoms with Gasteiger partial charge < -0.3 is 19.5 Å². The zero-order valence-electron chi connectivity index (χ0n) is 10.5. The van der Waals surface area contributed by atoms with Crippen LogP contribution in [0.5, 0.6) is 0 Å². The van der Waals surface area contributed by atoms with Crippen molar-refractivity contribution in [2.45, 2.75) is 18.6 Å². The van der Waals surface area contributed by atoms with Gasteiger partial charge in [-0.25, -0.2) is 4.79 Å². The second-order valence-corrected chi connectivity index (χ2v) is 4.85. The summed E-state index contributed by atoms with van der Waals surface area (Å²) < 4.78 is 5.29. The molecule has 0 spiro atoms. The first-order valence-corrected chi connectivity index (χ1v) is 6.26. The second-order valence-electron chi connectivity index (χ2n) is 4.85. The van der Waals surface area contributed by atoms with Crippen LogP contribution < -0.4 is 0 Å². The Labute approximate surface area is 114 Å². The number of nitrogens with zero attached hydrogens (tertiary/aromatic N) is 1. The number of rotatable bonds is 2. The van der Waals surface area contributed by atoms with Gasteiger partial charge in [-0.1, -0.05) is 18.2 Å². The van der Waals surface area contributed by atoms with E-state index in [1.807, 2.05) is 0 Å². The van der Waals surface area contributed by atoms with E-state index in [1.165, 1.54) is 11.2 Å². The average molecular weight is 275 g/mol. The monoisotopic (exact) mass is 275 g/mol. The Bertz CT molecular complexity index is 677. The molecule has 20 heavy (non-hydrogen) atoms. The number of para-hydroxylation sites is 1. The third kappa shape index (κ3) is 1.94. The maximum atomic E-state index is 12.5. The summed E-state index contributed by atoms with van der Waals surface area (Å²) >= 11 is 0. The molecule has 6 nitrogen and oxygen atoms in total. The largest absolute Gasteiger partial charge is 0.480 e. The lowest BCUT2D eigenvalue weighted by molar-refractivity contribution is -0.141. The van der Waals surface area contributed by atoms with Crippen LogP contribution in [0.25, 0.3) is 11.0 Å². The van der Waals surface area contributed by atoms with Crippen molar-refractivity contribution in [3.05, 3.63) is 36.1 Å². The highest BCUT2D eigenvalue weighted by Gasteiger charge is 2.39. The van der Waals surface area contributed by atoms with E-state index >= 15 is 0 Å². The van der Waals surface area contributed by atoms with Crippen LogP contribution in [0.15, 0.2) is 34.9 Å². The Morgan fingerprint density at radius 1 is 1.30 bits per heavy atom. The molecule has 0 saturated carbocycles. The Hall–Kier alpha value is -2.34. The van der Waals surface area contributed by atoms with E-state index in [0.717, 1.165) is 0 Å². The van der Waals surface area contributed by atoms with Gasteiger partial charge in [0.05, 0.1) is 11.7 Å². The number of aliphatic hydroxyl groups excluding tert-OH is 1. The number of fused-ring (bicyclic) bond motifs is 1. The summed E-state index contributed by atoms with van der Waals surface area (Å²) in [5.41, 5.74) is 0.892. The zero-order valence-corrected chi connectivity index (χ0v) is 10.5. The van der Waals surface area contributed by atoms with Gasteiger partial charge in [-0.2, -0.15) is 0 Å². The normalized spacial score (nSPS) is 22.4. The molecule has 0 unspecified atom stereocenters. The highest BCUT2D eigenvalue weighted by molar-refractivity contribution is 6.07. The van der Waals surface area contributed by atoms with Gasteiger partial charge in [0.15, 0.2) is 0 Å². The molecule has 2 N–H and O–H groups in total. The summed E-state index contributed by atoms with van der Waals surface area (Å²) in [5, 5.41) is 19.4. The number of likely N-dealkylation sites (tertiary alicyclic amines) is 1. The van der Waals surface area contributed by atoms with Gasteiger partial charge in [0.1, 0.15) is 17.9 Å². The van der Waals surface area contributed by atoms with Gasteiger partial charge in [-0.05, 0) is 6.07 Å². The Balaban J connectivity index is 1.98. The van der Waals surface area contributed by atoms with Crippen LogP contribution >= 0.6 is 0 Å². The van der Waals surface area contributed by atoms with E-state index in [9.17, 15) is 14.7 Å². The van der Waals surface area contributed by atoms with Crippen molar-refractivity contribution in [2.75, 3.05) is 6.54 Å². The Morgan fingerprint density at radius 2 is 2.05 bits per heavy atom. The smallest absolute Gasteiger partial charge is 0.326 e. The molecule has 3 rings (SSSR count). The van der Waals surface area contributed by atoms with Crippen LogP contribution in [0.3, 0.4) is 0 Å². The molecule has 104 valence electrons. The minimum atomic E-state index is -1.11. The van der Waals surface area contributed by atoms with Crippen LogP contribution in [0.1, 0.15) is 16.8 Å². The third-order valence-electron chi connectivity index (χ3n) is 3.54. The van der Waals surface area contributed by atoms with E-state index in [-0.39, 0.29) is 13.0 Å². The second kappa shape index (κ2) is 4.64. The first kappa shape index (κ1) is 12.7. The predicted octanol–water partition coefficient (Wildman–Crippen LogP) is 1.09. The molecule has 1 aromatic heterocycles. The van der Waals surface area contributed by atoms with Crippen molar-refractivity contribution in [1.82, 2.24) is 4.90 Å². The van der Waals surface area contributed by atoms with Gasteiger partial charge in [-0.15, -0.1) is 0 Å². The van der Waals surface area contributed by atoms with E-state index in [0.29, 0.717) is 16.5 Å². The maximum absolute atomic E-state index is 12.5. The number of β-amino-alcohol motifs (C(OH)–C–C–N with tert-alkyl or cyclic N) is 1. The lowest BCUT2D eigenvalue weighted by atomic mass is 10.1. The quantitative estimate of drug-likeness (QED) is 0.856. The number of hydrogen-bond acceptors (Lipinski definition) is 4. The fourth-order valence-electron chi connectivity index (χ4n) is 2.57. The summed E-state index contributed by atoms with van der Waals surface area (Å²) in [6.07, 6.45) is 0.575. The molecule has 2 aromatic rings. The molecule has 0 aliphatic carbocycles. The van der Waals surface area contributed by atoms with Gasteiger partial charge in [0.25, 0.3) is 5.91 Å². The number of amides is 1. The maximum Gasteiger partial charge on any atom is 0.326 e. The van der Waals surface area contributed by atoms with Crippen molar-refractivity contribution in [2.24, 2.45) is 0 Å². The number of benzene rings is 1. The third-order valence-corrected chi connectivity index (χ3v) is 3.54. The molecule has 1 aliphatic rings. The molecular weight excluding hydrogens is 262 g/mol. The van der Waals surface area contributed by atoms with Crippen LogP contribution in [-0.4, -0.2) is 45.7 Å². The number of carbonyl (C=O) groups excluding carboxylic acids is 1. The number of aliphatic hydroxyl groups is 1. The van der Waals surface area contributed by atoms with E-state index < -0.39 is 24.0 Å². The van der Waals surface area contributed by atoms with Crippen LogP contribution in [0, 0.1) is 0 Å². The summed E-state index contributed by atoms with van der Waals surface area (Å²) in [6.45, 7) is 0.0231. The SMILES string of the molecule is O=C(O)[C@@H]1C[C@@H](O)CN1C(=O)c1coc2ccccc12.